The van der Waals surface area contributed by atoms with E-state index in [1.54, 1.807) is 12.4 Å². The van der Waals surface area contributed by atoms with Crippen LogP contribution in [0.3, 0.4) is 0 Å². The summed E-state index contributed by atoms with van der Waals surface area (Å²) in [5.41, 5.74) is 7.53. The highest BCUT2D eigenvalue weighted by atomic mass is 79.9. The van der Waals surface area contributed by atoms with Crippen LogP contribution in [0.1, 0.15) is 25.7 Å². The molecule has 1 saturated carbocycles. The van der Waals surface area contributed by atoms with Gasteiger partial charge in [-0.2, -0.15) is 0 Å². The number of hydrogen-bond acceptors (Lipinski definition) is 4. The van der Waals surface area contributed by atoms with Crippen molar-refractivity contribution in [1.82, 2.24) is 9.97 Å². The number of fused-ring (bicyclic) bond motifs is 1. The molecule has 0 amide bonds. The number of nitrogens with zero attached hydrogens (tertiary/aromatic N) is 2. The SMILES string of the molecule is NCC1CCCCC1Oc1ccnc2cc(Br)cnc12. The second-order valence-corrected chi connectivity index (χ2v) is 6.18. The van der Waals surface area contributed by atoms with Crippen LogP contribution in [0.4, 0.5) is 0 Å². The van der Waals surface area contributed by atoms with Crippen molar-refractivity contribution in [3.63, 3.8) is 0 Å². The van der Waals surface area contributed by atoms with Crippen molar-refractivity contribution >= 4 is 27.0 Å². The summed E-state index contributed by atoms with van der Waals surface area (Å²) in [4.78, 5) is 8.77. The maximum Gasteiger partial charge on any atom is 0.149 e. The Morgan fingerprint density at radius 1 is 1.30 bits per heavy atom. The van der Waals surface area contributed by atoms with Gasteiger partial charge in [-0.1, -0.05) is 6.42 Å². The van der Waals surface area contributed by atoms with Gasteiger partial charge in [0.2, 0.25) is 0 Å². The van der Waals surface area contributed by atoms with Gasteiger partial charge in [-0.15, -0.1) is 0 Å². The van der Waals surface area contributed by atoms with E-state index in [1.165, 1.54) is 12.8 Å². The largest absolute Gasteiger partial charge is 0.488 e. The molecule has 106 valence electrons. The van der Waals surface area contributed by atoms with Crippen molar-refractivity contribution < 1.29 is 4.74 Å². The molecule has 1 aliphatic carbocycles. The third-order valence-corrected chi connectivity index (χ3v) is 4.36. The molecular weight excluding hydrogens is 318 g/mol. The summed E-state index contributed by atoms with van der Waals surface area (Å²) in [7, 11) is 0. The smallest absolute Gasteiger partial charge is 0.149 e. The normalized spacial score (nSPS) is 22.9. The topological polar surface area (TPSA) is 61.0 Å². The van der Waals surface area contributed by atoms with Gasteiger partial charge in [-0.05, 0) is 47.8 Å². The van der Waals surface area contributed by atoms with Gasteiger partial charge in [0.25, 0.3) is 0 Å². The van der Waals surface area contributed by atoms with E-state index in [9.17, 15) is 0 Å². The summed E-state index contributed by atoms with van der Waals surface area (Å²) in [6.45, 7) is 0.687. The number of ether oxygens (including phenoxy) is 1. The highest BCUT2D eigenvalue weighted by molar-refractivity contribution is 9.10. The quantitative estimate of drug-likeness (QED) is 0.934. The van der Waals surface area contributed by atoms with Crippen molar-refractivity contribution in [2.75, 3.05) is 6.54 Å². The molecule has 0 bridgehead atoms. The van der Waals surface area contributed by atoms with Crippen molar-refractivity contribution in [2.24, 2.45) is 11.7 Å². The van der Waals surface area contributed by atoms with Crippen LogP contribution < -0.4 is 10.5 Å². The van der Waals surface area contributed by atoms with E-state index in [4.69, 9.17) is 10.5 Å². The zero-order valence-electron chi connectivity index (χ0n) is 11.3. The van der Waals surface area contributed by atoms with Crippen LogP contribution in [0.2, 0.25) is 0 Å². The third-order valence-electron chi connectivity index (χ3n) is 3.93. The fourth-order valence-electron chi connectivity index (χ4n) is 2.84. The Morgan fingerprint density at radius 2 is 2.15 bits per heavy atom. The number of aromatic nitrogens is 2. The molecule has 2 N–H and O–H groups in total. The number of rotatable bonds is 3. The van der Waals surface area contributed by atoms with Crippen LogP contribution in [-0.4, -0.2) is 22.6 Å². The first kappa shape index (κ1) is 13.8. The van der Waals surface area contributed by atoms with E-state index in [0.29, 0.717) is 12.5 Å². The summed E-state index contributed by atoms with van der Waals surface area (Å²) < 4.78 is 7.14. The molecule has 4 nitrogen and oxygen atoms in total. The molecule has 0 radical (unpaired) electrons. The number of nitrogens with two attached hydrogens (primary N) is 1. The second-order valence-electron chi connectivity index (χ2n) is 5.27. The first-order valence-corrected chi connectivity index (χ1v) is 7.84. The van der Waals surface area contributed by atoms with Crippen molar-refractivity contribution in [2.45, 2.75) is 31.8 Å². The molecule has 1 aliphatic rings. The maximum atomic E-state index is 6.21. The van der Waals surface area contributed by atoms with Crippen LogP contribution in [0.15, 0.2) is 29.0 Å². The highest BCUT2D eigenvalue weighted by Crippen LogP contribution is 2.31. The fourth-order valence-corrected chi connectivity index (χ4v) is 3.16. The molecule has 0 spiro atoms. The molecule has 0 aromatic carbocycles. The predicted octanol–water partition coefficient (Wildman–Crippen LogP) is 3.29. The average Bonchev–Trinajstić information content (AvgIpc) is 2.47. The van der Waals surface area contributed by atoms with E-state index in [-0.39, 0.29) is 6.10 Å². The Hall–Kier alpha value is -1.20. The molecule has 2 heterocycles. The maximum absolute atomic E-state index is 6.21. The minimum absolute atomic E-state index is 0.199. The first-order valence-electron chi connectivity index (χ1n) is 7.05. The van der Waals surface area contributed by atoms with Crippen molar-refractivity contribution in [3.8, 4) is 5.75 Å². The Balaban J connectivity index is 1.90. The molecule has 5 heteroatoms. The zero-order chi connectivity index (χ0) is 13.9. The van der Waals surface area contributed by atoms with E-state index in [0.717, 1.165) is 34.1 Å². The number of pyridine rings is 2. The van der Waals surface area contributed by atoms with E-state index >= 15 is 0 Å². The summed E-state index contributed by atoms with van der Waals surface area (Å²) in [6.07, 6.45) is 8.44. The number of halogens is 1. The van der Waals surface area contributed by atoms with Crippen LogP contribution in [-0.2, 0) is 0 Å². The van der Waals surface area contributed by atoms with Gasteiger partial charge in [0.05, 0.1) is 5.52 Å². The Morgan fingerprint density at radius 3 is 3.00 bits per heavy atom. The lowest BCUT2D eigenvalue weighted by atomic mass is 9.86. The summed E-state index contributed by atoms with van der Waals surface area (Å²) in [6, 6.07) is 3.85. The van der Waals surface area contributed by atoms with Gasteiger partial charge in [-0.3, -0.25) is 4.98 Å². The zero-order valence-corrected chi connectivity index (χ0v) is 12.8. The van der Waals surface area contributed by atoms with Gasteiger partial charge < -0.3 is 10.5 Å². The monoisotopic (exact) mass is 335 g/mol. The second kappa shape index (κ2) is 6.06. The molecule has 2 unspecified atom stereocenters. The Kier molecular flexibility index (Phi) is 4.17. The van der Waals surface area contributed by atoms with Gasteiger partial charge in [0.1, 0.15) is 17.4 Å². The molecule has 0 saturated heterocycles. The minimum atomic E-state index is 0.199. The predicted molar refractivity (Wildman–Crippen MR) is 82.7 cm³/mol. The van der Waals surface area contributed by atoms with E-state index in [1.807, 2.05) is 12.1 Å². The fraction of sp³-hybridized carbons (Fsp3) is 0.467. The standard InChI is InChI=1S/C15H18BrN3O/c16-11-7-12-15(19-9-11)14(5-6-18-12)20-13-4-2-1-3-10(13)8-17/h5-7,9-10,13H,1-4,8,17H2. The highest BCUT2D eigenvalue weighted by Gasteiger charge is 2.26. The molecule has 20 heavy (non-hydrogen) atoms. The lowest BCUT2D eigenvalue weighted by Gasteiger charge is -2.31. The molecule has 2 aromatic heterocycles. The molecular formula is C15H18BrN3O. The molecule has 3 rings (SSSR count). The summed E-state index contributed by atoms with van der Waals surface area (Å²) >= 11 is 3.42. The molecule has 0 aliphatic heterocycles. The summed E-state index contributed by atoms with van der Waals surface area (Å²) in [5.74, 6) is 1.26. The van der Waals surface area contributed by atoms with Crippen molar-refractivity contribution in [1.29, 1.82) is 0 Å². The van der Waals surface area contributed by atoms with Crippen molar-refractivity contribution in [3.05, 3.63) is 29.0 Å². The van der Waals surface area contributed by atoms with Crippen LogP contribution in [0, 0.1) is 5.92 Å². The lowest BCUT2D eigenvalue weighted by molar-refractivity contribution is 0.0983. The Labute approximate surface area is 126 Å². The number of hydrogen-bond donors (Lipinski definition) is 1. The average molecular weight is 336 g/mol. The molecule has 1 fully saturated rings. The van der Waals surface area contributed by atoms with Crippen LogP contribution in [0.5, 0.6) is 5.75 Å². The van der Waals surface area contributed by atoms with Crippen LogP contribution >= 0.6 is 15.9 Å². The molecule has 2 atom stereocenters. The van der Waals surface area contributed by atoms with Gasteiger partial charge in [0, 0.05) is 28.9 Å². The van der Waals surface area contributed by atoms with Gasteiger partial charge >= 0.3 is 0 Å². The van der Waals surface area contributed by atoms with Crippen LogP contribution in [0.25, 0.3) is 11.0 Å². The Bertz CT molecular complexity index is 605. The lowest BCUT2D eigenvalue weighted by Crippen LogP contribution is -2.35. The molecule has 2 aromatic rings. The third kappa shape index (κ3) is 2.79. The van der Waals surface area contributed by atoms with Gasteiger partial charge in [-0.25, -0.2) is 4.98 Å². The summed E-state index contributed by atoms with van der Waals surface area (Å²) in [5, 5.41) is 0. The van der Waals surface area contributed by atoms with Gasteiger partial charge in [0.15, 0.2) is 0 Å². The minimum Gasteiger partial charge on any atom is -0.488 e. The first-order chi connectivity index (χ1) is 9.78. The van der Waals surface area contributed by atoms with E-state index < -0.39 is 0 Å². The van der Waals surface area contributed by atoms with E-state index in [2.05, 4.69) is 25.9 Å².